The van der Waals surface area contributed by atoms with Crippen molar-refractivity contribution in [2.75, 3.05) is 23.7 Å². The zero-order valence-corrected chi connectivity index (χ0v) is 18.5. The van der Waals surface area contributed by atoms with Gasteiger partial charge in [-0.25, -0.2) is 15.0 Å². The van der Waals surface area contributed by atoms with Gasteiger partial charge in [-0.3, -0.25) is 4.79 Å². The molecule has 33 heavy (non-hydrogen) atoms. The van der Waals surface area contributed by atoms with Crippen LogP contribution in [0, 0.1) is 0 Å². The topological polar surface area (TPSA) is 105 Å². The molecule has 0 saturated carbocycles. The van der Waals surface area contributed by atoms with E-state index in [1.807, 2.05) is 36.4 Å². The minimum atomic E-state index is -0.0580. The summed E-state index contributed by atoms with van der Waals surface area (Å²) < 4.78 is 5.81. The van der Waals surface area contributed by atoms with Crippen molar-refractivity contribution in [2.45, 2.75) is 12.5 Å². The van der Waals surface area contributed by atoms with E-state index in [1.54, 1.807) is 23.2 Å². The summed E-state index contributed by atoms with van der Waals surface area (Å²) in [6.07, 6.45) is 3.85. The molecule has 166 valence electrons. The quantitative estimate of drug-likeness (QED) is 0.396. The monoisotopic (exact) mass is 459 g/mol. The van der Waals surface area contributed by atoms with Crippen LogP contribution in [-0.4, -0.2) is 49.9 Å². The second kappa shape index (κ2) is 9.21. The van der Waals surface area contributed by atoms with E-state index < -0.39 is 0 Å². The normalized spacial score (nSPS) is 15.4. The fourth-order valence-electron chi connectivity index (χ4n) is 3.52. The number of amides is 1. The van der Waals surface area contributed by atoms with Crippen molar-refractivity contribution in [3.8, 4) is 11.6 Å². The van der Waals surface area contributed by atoms with Crippen molar-refractivity contribution in [1.29, 1.82) is 0 Å². The van der Waals surface area contributed by atoms with Crippen LogP contribution in [0.15, 0.2) is 67.4 Å². The van der Waals surface area contributed by atoms with Crippen molar-refractivity contribution in [2.24, 2.45) is 0 Å². The van der Waals surface area contributed by atoms with Gasteiger partial charge >= 0.3 is 0 Å². The summed E-state index contributed by atoms with van der Waals surface area (Å²) >= 11 is 1.41. The first kappa shape index (κ1) is 20.8. The molecule has 5 rings (SSSR count). The van der Waals surface area contributed by atoms with Gasteiger partial charge in [-0.2, -0.15) is 4.98 Å². The van der Waals surface area contributed by atoms with Gasteiger partial charge in [-0.05, 0) is 36.8 Å². The van der Waals surface area contributed by atoms with Gasteiger partial charge in [-0.15, -0.1) is 0 Å². The number of carbonyl (C=O) groups excluding carboxylic acids is 1. The highest BCUT2D eigenvalue weighted by atomic mass is 32.1. The van der Waals surface area contributed by atoms with E-state index in [-0.39, 0.29) is 11.9 Å². The molecule has 0 spiro atoms. The second-order valence-corrected chi connectivity index (χ2v) is 8.39. The Labute approximate surface area is 194 Å². The minimum Gasteiger partial charge on any atom is -0.439 e. The number of rotatable bonds is 7. The Bertz CT molecular complexity index is 1290. The van der Waals surface area contributed by atoms with Crippen LogP contribution >= 0.6 is 11.3 Å². The summed E-state index contributed by atoms with van der Waals surface area (Å²) in [7, 11) is 0. The molecule has 1 aliphatic rings. The summed E-state index contributed by atoms with van der Waals surface area (Å²) in [5.74, 6) is 2.29. The third-order valence-electron chi connectivity index (χ3n) is 5.09. The van der Waals surface area contributed by atoms with E-state index in [9.17, 15) is 4.79 Å². The average molecular weight is 460 g/mol. The van der Waals surface area contributed by atoms with Gasteiger partial charge in [0.25, 0.3) is 0 Å². The van der Waals surface area contributed by atoms with Gasteiger partial charge in [0.2, 0.25) is 17.7 Å². The lowest BCUT2D eigenvalue weighted by molar-refractivity contribution is -0.125. The van der Waals surface area contributed by atoms with Gasteiger partial charge < -0.3 is 20.3 Å². The molecule has 1 aliphatic heterocycles. The molecule has 0 unspecified atom stereocenters. The summed E-state index contributed by atoms with van der Waals surface area (Å²) in [6.45, 7) is 4.83. The first-order valence-electron chi connectivity index (χ1n) is 10.4. The highest BCUT2D eigenvalue weighted by Gasteiger charge is 2.25. The van der Waals surface area contributed by atoms with E-state index in [0.717, 1.165) is 22.5 Å². The molecule has 1 atom stereocenters. The highest BCUT2D eigenvalue weighted by molar-refractivity contribution is 7.21. The van der Waals surface area contributed by atoms with Gasteiger partial charge in [0.15, 0.2) is 5.13 Å². The minimum absolute atomic E-state index is 0.0580. The largest absolute Gasteiger partial charge is 0.439 e. The molecule has 1 amide bonds. The number of anilines is 3. The Hall–Kier alpha value is -4.05. The van der Waals surface area contributed by atoms with Crippen molar-refractivity contribution < 1.29 is 9.53 Å². The van der Waals surface area contributed by atoms with Crippen molar-refractivity contribution in [3.63, 3.8) is 0 Å². The van der Waals surface area contributed by atoms with E-state index in [0.29, 0.717) is 35.9 Å². The number of fused-ring (bicyclic) bond motifs is 1. The molecule has 10 heteroatoms. The van der Waals surface area contributed by atoms with E-state index in [1.165, 1.54) is 17.4 Å². The predicted octanol–water partition coefficient (Wildman–Crippen LogP) is 4.22. The molecule has 4 heterocycles. The summed E-state index contributed by atoms with van der Waals surface area (Å²) in [5.41, 5.74) is 0.772. The second-order valence-electron chi connectivity index (χ2n) is 7.42. The number of nitrogens with zero attached hydrogens (tertiary/aromatic N) is 5. The Morgan fingerprint density at radius 2 is 2.03 bits per heavy atom. The molecule has 0 aliphatic carbocycles. The van der Waals surface area contributed by atoms with Crippen LogP contribution in [-0.2, 0) is 4.79 Å². The molecule has 1 aromatic carbocycles. The number of nitrogens with one attached hydrogen (secondary N) is 2. The Morgan fingerprint density at radius 3 is 2.88 bits per heavy atom. The molecule has 2 N–H and O–H groups in total. The SMILES string of the molecule is C=CC(=O)N1CC[C@@H](Nc2nccc(Nc3nc4ccc(Oc5ccccc5)nc4s3)n2)C1. The maximum Gasteiger partial charge on any atom is 0.246 e. The van der Waals surface area contributed by atoms with Gasteiger partial charge in [0.1, 0.15) is 21.9 Å². The van der Waals surface area contributed by atoms with Gasteiger partial charge in [-0.1, -0.05) is 36.1 Å². The van der Waals surface area contributed by atoms with Gasteiger partial charge in [0.05, 0.1) is 0 Å². The van der Waals surface area contributed by atoms with Crippen LogP contribution in [0.2, 0.25) is 0 Å². The molecule has 0 bridgehead atoms. The Kier molecular flexibility index (Phi) is 5.81. The van der Waals surface area contributed by atoms with Crippen molar-refractivity contribution in [1.82, 2.24) is 24.8 Å². The number of pyridine rings is 1. The first-order valence-corrected chi connectivity index (χ1v) is 11.3. The molecular weight excluding hydrogens is 438 g/mol. The average Bonchev–Trinajstić information content (AvgIpc) is 3.46. The fraction of sp³-hybridized carbons (Fsp3) is 0.174. The summed E-state index contributed by atoms with van der Waals surface area (Å²) in [5, 5.41) is 7.19. The third kappa shape index (κ3) is 4.90. The van der Waals surface area contributed by atoms with Crippen LogP contribution in [0.4, 0.5) is 16.9 Å². The van der Waals surface area contributed by atoms with Gasteiger partial charge in [0, 0.05) is 31.4 Å². The van der Waals surface area contributed by atoms with E-state index in [4.69, 9.17) is 4.74 Å². The number of hydrogen-bond acceptors (Lipinski definition) is 9. The molecule has 9 nitrogen and oxygen atoms in total. The van der Waals surface area contributed by atoms with Crippen molar-refractivity contribution >= 4 is 44.5 Å². The smallest absolute Gasteiger partial charge is 0.246 e. The molecule has 3 aromatic heterocycles. The number of carbonyl (C=O) groups is 1. The molecule has 1 fully saturated rings. The zero-order valence-electron chi connectivity index (χ0n) is 17.6. The van der Waals surface area contributed by atoms with Crippen LogP contribution in [0.25, 0.3) is 10.3 Å². The molecule has 4 aromatic rings. The molecule has 1 saturated heterocycles. The number of likely N-dealkylation sites (tertiary alicyclic amines) is 1. The standard InChI is InChI=1S/C23H21N7O2S/c1-2-20(31)30-13-11-15(14-30)25-22-24-12-10-18(27-22)28-23-26-17-8-9-19(29-21(17)33-23)32-16-6-4-3-5-7-16/h2-10,12,15H,1,11,13-14H2,(H2,24,25,26,27,28)/t15-/m1/s1. The molecular formula is C23H21N7O2S. The lowest BCUT2D eigenvalue weighted by Gasteiger charge is -2.15. The maximum absolute atomic E-state index is 11.8. The Morgan fingerprint density at radius 1 is 1.15 bits per heavy atom. The summed E-state index contributed by atoms with van der Waals surface area (Å²) in [6, 6.07) is 15.1. The number of para-hydroxylation sites is 1. The summed E-state index contributed by atoms with van der Waals surface area (Å²) in [4.78, 5) is 32.3. The lowest BCUT2D eigenvalue weighted by Crippen LogP contribution is -2.30. The van der Waals surface area contributed by atoms with Crippen LogP contribution in [0.3, 0.4) is 0 Å². The van der Waals surface area contributed by atoms with E-state index in [2.05, 4.69) is 37.1 Å². The lowest BCUT2D eigenvalue weighted by atomic mass is 10.3. The predicted molar refractivity (Wildman–Crippen MR) is 128 cm³/mol. The number of thiazole rings is 1. The number of ether oxygens (including phenoxy) is 1. The van der Waals surface area contributed by atoms with Crippen LogP contribution in [0.1, 0.15) is 6.42 Å². The number of aromatic nitrogens is 4. The third-order valence-corrected chi connectivity index (χ3v) is 5.97. The van der Waals surface area contributed by atoms with Crippen LogP contribution in [0.5, 0.6) is 11.6 Å². The Balaban J connectivity index is 1.26. The van der Waals surface area contributed by atoms with Crippen LogP contribution < -0.4 is 15.4 Å². The van der Waals surface area contributed by atoms with Crippen molar-refractivity contribution in [3.05, 3.63) is 67.4 Å². The highest BCUT2D eigenvalue weighted by Crippen LogP contribution is 2.29. The van der Waals surface area contributed by atoms with E-state index >= 15 is 0 Å². The fourth-order valence-corrected chi connectivity index (χ4v) is 4.35. The molecule has 0 radical (unpaired) electrons. The number of hydrogen-bond donors (Lipinski definition) is 2. The first-order chi connectivity index (χ1) is 16.2. The maximum atomic E-state index is 11.8. The number of benzene rings is 1. The zero-order chi connectivity index (χ0) is 22.6.